The van der Waals surface area contributed by atoms with Crippen LogP contribution in [0.1, 0.15) is 39.5 Å². The molecule has 0 aromatic rings. The molecular weight excluding hydrogens is 278 g/mol. The third kappa shape index (κ3) is 3.29. The maximum absolute atomic E-state index is 12.8. The second-order valence-electron chi connectivity index (χ2n) is 7.51. The molecule has 4 heterocycles. The van der Waals surface area contributed by atoms with Gasteiger partial charge in [0.1, 0.15) is 0 Å². The van der Waals surface area contributed by atoms with Crippen molar-refractivity contribution in [1.29, 1.82) is 0 Å². The van der Waals surface area contributed by atoms with Crippen LogP contribution in [0.15, 0.2) is 0 Å². The summed E-state index contributed by atoms with van der Waals surface area (Å²) in [6.07, 6.45) is 4.17. The molecule has 4 rings (SSSR count). The van der Waals surface area contributed by atoms with E-state index < -0.39 is 0 Å². The number of piperidine rings is 4. The fraction of sp³-hybridized carbons (Fsp3) is 0.882. The number of rotatable bonds is 3. The first-order valence-electron chi connectivity index (χ1n) is 8.86. The zero-order chi connectivity index (χ0) is 15.7. The molecule has 0 aliphatic carbocycles. The van der Waals surface area contributed by atoms with Crippen molar-refractivity contribution in [3.8, 4) is 0 Å². The summed E-state index contributed by atoms with van der Waals surface area (Å²) in [6.45, 7) is 8.75. The fourth-order valence-corrected chi connectivity index (χ4v) is 4.09. The molecule has 1 N–H and O–H groups in total. The molecule has 2 amide bonds. The molecule has 4 saturated heterocycles. The molecule has 124 valence electrons. The van der Waals surface area contributed by atoms with E-state index in [9.17, 15) is 9.59 Å². The Morgan fingerprint density at radius 1 is 1.00 bits per heavy atom. The van der Waals surface area contributed by atoms with Gasteiger partial charge in [-0.25, -0.2) is 0 Å². The molecule has 4 aliphatic heterocycles. The number of nitrogens with zero attached hydrogens (tertiary/aromatic N) is 2. The Balaban J connectivity index is 1.49. The number of nitrogens with one attached hydrogen (secondary N) is 1. The topological polar surface area (TPSA) is 52.7 Å². The van der Waals surface area contributed by atoms with Crippen LogP contribution in [0, 0.1) is 17.8 Å². The number of likely N-dealkylation sites (tertiary alicyclic amines) is 1. The van der Waals surface area contributed by atoms with Gasteiger partial charge in [0.2, 0.25) is 11.8 Å². The molecule has 22 heavy (non-hydrogen) atoms. The normalized spacial score (nSPS) is 32.3. The number of fused-ring (bicyclic) bond motifs is 3. The van der Waals surface area contributed by atoms with Crippen LogP contribution in [-0.4, -0.2) is 60.4 Å². The molecule has 0 aromatic heterocycles. The van der Waals surface area contributed by atoms with E-state index in [1.54, 1.807) is 0 Å². The minimum absolute atomic E-state index is 0.0338. The minimum atomic E-state index is 0.0338. The van der Waals surface area contributed by atoms with Crippen molar-refractivity contribution < 1.29 is 9.59 Å². The van der Waals surface area contributed by atoms with E-state index in [0.717, 1.165) is 32.5 Å². The van der Waals surface area contributed by atoms with E-state index in [1.807, 2.05) is 18.7 Å². The van der Waals surface area contributed by atoms with Crippen molar-refractivity contribution in [3.05, 3.63) is 0 Å². The highest BCUT2D eigenvalue weighted by Crippen LogP contribution is 2.33. The number of carbonyl (C=O) groups is 2. The van der Waals surface area contributed by atoms with Gasteiger partial charge in [-0.05, 0) is 44.7 Å². The summed E-state index contributed by atoms with van der Waals surface area (Å²) in [5.41, 5.74) is 0. The van der Waals surface area contributed by atoms with Crippen LogP contribution in [0.2, 0.25) is 0 Å². The quantitative estimate of drug-likeness (QED) is 0.849. The predicted molar refractivity (Wildman–Crippen MR) is 85.2 cm³/mol. The monoisotopic (exact) mass is 307 g/mol. The van der Waals surface area contributed by atoms with Gasteiger partial charge in [-0.2, -0.15) is 0 Å². The smallest absolute Gasteiger partial charge is 0.227 e. The average Bonchev–Trinajstić information content (AvgIpc) is 2.55. The van der Waals surface area contributed by atoms with Gasteiger partial charge in [-0.15, -0.1) is 0 Å². The number of carbonyl (C=O) groups excluding carboxylic acids is 2. The summed E-state index contributed by atoms with van der Waals surface area (Å²) in [5, 5.41) is 3.10. The molecule has 0 aromatic carbocycles. The molecule has 5 heteroatoms. The van der Waals surface area contributed by atoms with Gasteiger partial charge in [-0.1, -0.05) is 13.8 Å². The Morgan fingerprint density at radius 3 is 2.14 bits per heavy atom. The van der Waals surface area contributed by atoms with Crippen molar-refractivity contribution >= 4 is 11.8 Å². The summed E-state index contributed by atoms with van der Waals surface area (Å²) >= 11 is 0. The lowest BCUT2D eigenvalue weighted by Crippen LogP contribution is -2.55. The lowest BCUT2D eigenvalue weighted by molar-refractivity contribution is -0.143. The molecular formula is C17H29N3O2. The third-order valence-electron chi connectivity index (χ3n) is 5.65. The highest BCUT2D eigenvalue weighted by atomic mass is 16.2. The summed E-state index contributed by atoms with van der Waals surface area (Å²) in [6, 6.07) is 0.241. The van der Waals surface area contributed by atoms with E-state index in [1.165, 1.54) is 25.9 Å². The van der Waals surface area contributed by atoms with Gasteiger partial charge < -0.3 is 15.1 Å². The number of hydrogen-bond donors (Lipinski definition) is 1. The molecule has 1 unspecified atom stereocenters. The molecule has 4 fully saturated rings. The molecule has 5 nitrogen and oxygen atoms in total. The zero-order valence-electron chi connectivity index (χ0n) is 13.9. The second-order valence-corrected chi connectivity index (χ2v) is 7.51. The van der Waals surface area contributed by atoms with E-state index in [0.29, 0.717) is 11.8 Å². The maximum Gasteiger partial charge on any atom is 0.227 e. The maximum atomic E-state index is 12.8. The van der Waals surface area contributed by atoms with Crippen LogP contribution in [-0.2, 0) is 9.59 Å². The first kappa shape index (κ1) is 15.8. The number of amides is 2. The molecule has 2 bridgehead atoms. The standard InChI is InChI=1S/C17H29N3O2/c1-12(2)16(21)18-14-5-9-20(10-6-14)17(22)15-11-19-7-3-13(15)4-8-19/h12-15H,3-11H2,1-2H3,(H,18,21). The fourth-order valence-electron chi connectivity index (χ4n) is 4.09. The highest BCUT2D eigenvalue weighted by molar-refractivity contribution is 5.80. The summed E-state index contributed by atoms with van der Waals surface area (Å²) in [4.78, 5) is 29.0. The van der Waals surface area contributed by atoms with E-state index in [4.69, 9.17) is 0 Å². The van der Waals surface area contributed by atoms with Crippen LogP contribution in [0.5, 0.6) is 0 Å². The molecule has 1 atom stereocenters. The SMILES string of the molecule is CC(C)C(=O)NC1CCN(C(=O)C2CN3CCC2CC3)CC1. The van der Waals surface area contributed by atoms with Crippen LogP contribution in [0.4, 0.5) is 0 Å². The Kier molecular flexibility index (Phi) is 4.71. The van der Waals surface area contributed by atoms with Crippen molar-refractivity contribution in [2.45, 2.75) is 45.6 Å². The van der Waals surface area contributed by atoms with Gasteiger partial charge in [0.25, 0.3) is 0 Å². The first-order chi connectivity index (χ1) is 10.5. The van der Waals surface area contributed by atoms with Crippen molar-refractivity contribution in [1.82, 2.24) is 15.1 Å². The van der Waals surface area contributed by atoms with E-state index >= 15 is 0 Å². The molecule has 0 spiro atoms. The van der Waals surface area contributed by atoms with E-state index in [-0.39, 0.29) is 23.8 Å². The average molecular weight is 307 g/mol. The van der Waals surface area contributed by atoms with E-state index in [2.05, 4.69) is 10.2 Å². The van der Waals surface area contributed by atoms with Crippen molar-refractivity contribution in [2.75, 3.05) is 32.7 Å². The highest BCUT2D eigenvalue weighted by Gasteiger charge is 2.40. The van der Waals surface area contributed by atoms with Crippen LogP contribution in [0.3, 0.4) is 0 Å². The van der Waals surface area contributed by atoms with Gasteiger partial charge in [-0.3, -0.25) is 9.59 Å². The number of hydrogen-bond acceptors (Lipinski definition) is 3. The zero-order valence-corrected chi connectivity index (χ0v) is 13.9. The van der Waals surface area contributed by atoms with Crippen LogP contribution < -0.4 is 5.32 Å². The Labute approximate surface area is 133 Å². The lowest BCUT2D eigenvalue weighted by Gasteiger charge is -2.46. The van der Waals surface area contributed by atoms with Gasteiger partial charge >= 0.3 is 0 Å². The van der Waals surface area contributed by atoms with Crippen molar-refractivity contribution in [2.24, 2.45) is 17.8 Å². The first-order valence-corrected chi connectivity index (χ1v) is 8.86. The molecule has 0 saturated carbocycles. The largest absolute Gasteiger partial charge is 0.353 e. The van der Waals surface area contributed by atoms with Crippen LogP contribution >= 0.6 is 0 Å². The Morgan fingerprint density at radius 2 is 1.64 bits per heavy atom. The second kappa shape index (κ2) is 6.57. The summed E-state index contributed by atoms with van der Waals surface area (Å²) < 4.78 is 0. The molecule has 4 aliphatic rings. The lowest BCUT2D eigenvalue weighted by atomic mass is 9.78. The van der Waals surface area contributed by atoms with Gasteiger partial charge in [0.05, 0.1) is 5.92 Å². The van der Waals surface area contributed by atoms with Crippen LogP contribution in [0.25, 0.3) is 0 Å². The van der Waals surface area contributed by atoms with Gasteiger partial charge in [0, 0.05) is 31.6 Å². The summed E-state index contributed by atoms with van der Waals surface area (Å²) in [7, 11) is 0. The predicted octanol–water partition coefficient (Wildman–Crippen LogP) is 1.09. The Hall–Kier alpha value is -1.10. The Bertz CT molecular complexity index is 422. The van der Waals surface area contributed by atoms with Gasteiger partial charge in [0.15, 0.2) is 0 Å². The van der Waals surface area contributed by atoms with Crippen molar-refractivity contribution in [3.63, 3.8) is 0 Å². The summed E-state index contributed by atoms with van der Waals surface area (Å²) in [5.74, 6) is 1.36. The third-order valence-corrected chi connectivity index (χ3v) is 5.65. The minimum Gasteiger partial charge on any atom is -0.353 e. The molecule has 0 radical (unpaired) electrons.